The van der Waals surface area contributed by atoms with Crippen LogP contribution in [-0.2, 0) is 11.3 Å². The fraction of sp³-hybridized carbons (Fsp3) is 0.379. The van der Waals surface area contributed by atoms with Crippen molar-refractivity contribution in [2.24, 2.45) is 0 Å². The van der Waals surface area contributed by atoms with Crippen LogP contribution < -0.4 is 16.0 Å². The van der Waals surface area contributed by atoms with Crippen LogP contribution in [0.4, 0.5) is 11.4 Å². The number of nitrogens with one attached hydrogen (secondary N) is 3. The summed E-state index contributed by atoms with van der Waals surface area (Å²) < 4.78 is 7.43. The molecule has 0 spiro atoms. The van der Waals surface area contributed by atoms with E-state index in [-0.39, 0.29) is 5.91 Å². The molecule has 5 rings (SSSR count). The van der Waals surface area contributed by atoms with Gasteiger partial charge in [-0.15, -0.1) is 0 Å². The highest BCUT2D eigenvalue weighted by atomic mass is 16.3. The molecule has 2 aromatic carbocycles. The molecule has 36 heavy (non-hydrogen) atoms. The summed E-state index contributed by atoms with van der Waals surface area (Å²) in [7, 11) is 0. The van der Waals surface area contributed by atoms with Crippen molar-refractivity contribution in [1.82, 2.24) is 14.9 Å². The summed E-state index contributed by atoms with van der Waals surface area (Å²) in [6.07, 6.45) is 9.48. The molecular formula is C29H35N5O2. The number of carbonyl (C=O) groups is 1. The summed E-state index contributed by atoms with van der Waals surface area (Å²) in [5.74, 6) is 0.0608. The number of amides is 1. The highest BCUT2D eigenvalue weighted by Gasteiger charge is 2.22. The van der Waals surface area contributed by atoms with Gasteiger partial charge in [0.1, 0.15) is 5.52 Å². The molecule has 0 saturated heterocycles. The number of furan rings is 1. The second kappa shape index (κ2) is 10.5. The maximum absolute atomic E-state index is 11.4. The molecule has 0 aliphatic heterocycles. The molecule has 7 heteroatoms. The third-order valence-corrected chi connectivity index (χ3v) is 7.03. The highest BCUT2D eigenvalue weighted by Crippen LogP contribution is 2.31. The molecule has 0 atom stereocenters. The van der Waals surface area contributed by atoms with Crippen molar-refractivity contribution in [3.05, 3.63) is 66.9 Å². The Morgan fingerprint density at radius 3 is 2.47 bits per heavy atom. The number of anilines is 2. The first kappa shape index (κ1) is 24.0. The lowest BCUT2D eigenvalue weighted by molar-refractivity contribution is -0.119. The van der Waals surface area contributed by atoms with Crippen molar-refractivity contribution < 1.29 is 9.21 Å². The predicted octanol–water partition coefficient (Wildman–Crippen LogP) is 6.35. The second-order valence-electron chi connectivity index (χ2n) is 10.1. The van der Waals surface area contributed by atoms with E-state index in [0.29, 0.717) is 24.7 Å². The zero-order valence-electron chi connectivity index (χ0n) is 21.3. The first-order valence-corrected chi connectivity index (χ1v) is 12.9. The van der Waals surface area contributed by atoms with Gasteiger partial charge in [-0.3, -0.25) is 4.79 Å². The molecule has 1 fully saturated rings. The van der Waals surface area contributed by atoms with E-state index >= 15 is 0 Å². The molecule has 3 N–H and O–H groups in total. The molecule has 1 aliphatic rings. The Kier molecular flexibility index (Phi) is 6.98. The molecule has 0 radical (unpaired) electrons. The third kappa shape index (κ3) is 5.40. The normalized spacial score (nSPS) is 17.9. The first-order chi connectivity index (χ1) is 17.5. The summed E-state index contributed by atoms with van der Waals surface area (Å²) in [6.45, 7) is 6.67. The van der Waals surface area contributed by atoms with Crippen LogP contribution in [0.3, 0.4) is 0 Å². The van der Waals surface area contributed by atoms with Crippen molar-refractivity contribution in [2.75, 3.05) is 10.6 Å². The van der Waals surface area contributed by atoms with Gasteiger partial charge in [-0.2, -0.15) is 0 Å². The number of benzene rings is 2. The molecule has 0 unspecified atom stereocenters. The summed E-state index contributed by atoms with van der Waals surface area (Å²) >= 11 is 0. The Morgan fingerprint density at radius 1 is 1.06 bits per heavy atom. The third-order valence-electron chi connectivity index (χ3n) is 7.03. The predicted molar refractivity (Wildman–Crippen MR) is 145 cm³/mol. The fourth-order valence-electron chi connectivity index (χ4n) is 5.11. The second-order valence-corrected chi connectivity index (χ2v) is 10.1. The van der Waals surface area contributed by atoms with E-state index in [1.165, 1.54) is 5.56 Å². The topological polar surface area (TPSA) is 84.1 Å². The molecule has 2 heterocycles. The van der Waals surface area contributed by atoms with E-state index in [9.17, 15) is 4.79 Å². The van der Waals surface area contributed by atoms with E-state index in [0.717, 1.165) is 59.2 Å². The Hall–Kier alpha value is -3.74. The van der Waals surface area contributed by atoms with Crippen molar-refractivity contribution in [1.29, 1.82) is 0 Å². The van der Waals surface area contributed by atoms with Crippen LogP contribution in [0, 0.1) is 0 Å². The molecule has 1 amide bonds. The number of hydrogen-bond donors (Lipinski definition) is 3. The average molecular weight is 486 g/mol. The van der Waals surface area contributed by atoms with Gasteiger partial charge in [0, 0.05) is 42.8 Å². The van der Waals surface area contributed by atoms with Crippen molar-refractivity contribution >= 4 is 28.3 Å². The average Bonchev–Trinajstić information content (AvgIpc) is 3.54. The monoisotopic (exact) mass is 485 g/mol. The van der Waals surface area contributed by atoms with E-state index in [1.807, 2.05) is 12.4 Å². The number of aromatic nitrogens is 2. The zero-order chi connectivity index (χ0) is 25.1. The van der Waals surface area contributed by atoms with Gasteiger partial charge in [-0.1, -0.05) is 24.3 Å². The van der Waals surface area contributed by atoms with Crippen LogP contribution >= 0.6 is 0 Å². The van der Waals surface area contributed by atoms with Crippen LogP contribution in [-0.4, -0.2) is 27.5 Å². The SMILES string of the molecule is CC(=O)NC1CCC(Nc2cc(NCc3ccc(-c4ccoc4)cc3)c3ncn(C(C)C)c3c2)CC1. The van der Waals surface area contributed by atoms with Crippen LogP contribution in [0.1, 0.15) is 58.1 Å². The molecule has 188 valence electrons. The number of rotatable bonds is 8. The molecule has 4 aromatic rings. The standard InChI is InChI=1S/C29H35N5O2/c1-19(2)34-18-31-29-27(30-16-21-4-6-22(7-5-21)23-12-13-36-17-23)14-26(15-28(29)34)33-25-10-8-24(9-11-25)32-20(3)35/h4-7,12-15,17-19,24-25,30,33H,8-11,16H2,1-3H3,(H,32,35). The molecule has 1 aliphatic carbocycles. The minimum Gasteiger partial charge on any atom is -0.472 e. The quantitative estimate of drug-likeness (QED) is 0.271. The van der Waals surface area contributed by atoms with Gasteiger partial charge in [0.15, 0.2) is 0 Å². The summed E-state index contributed by atoms with van der Waals surface area (Å²) in [4.78, 5) is 16.1. The number of imidazole rings is 1. The number of carbonyl (C=O) groups excluding carboxylic acids is 1. The van der Waals surface area contributed by atoms with E-state index < -0.39 is 0 Å². The van der Waals surface area contributed by atoms with E-state index in [2.05, 4.69) is 70.8 Å². The van der Waals surface area contributed by atoms with Gasteiger partial charge >= 0.3 is 0 Å². The first-order valence-electron chi connectivity index (χ1n) is 12.9. The Balaban J connectivity index is 1.33. The minimum absolute atomic E-state index is 0.0608. The molecular weight excluding hydrogens is 450 g/mol. The van der Waals surface area contributed by atoms with Gasteiger partial charge < -0.3 is 24.9 Å². The Labute approximate surface area is 212 Å². The smallest absolute Gasteiger partial charge is 0.217 e. The molecule has 1 saturated carbocycles. The van der Waals surface area contributed by atoms with Gasteiger partial charge in [-0.05, 0) is 68.9 Å². The van der Waals surface area contributed by atoms with Crippen LogP contribution in [0.2, 0.25) is 0 Å². The fourth-order valence-corrected chi connectivity index (χ4v) is 5.11. The summed E-state index contributed by atoms with van der Waals surface area (Å²) in [5.41, 5.74) is 7.67. The highest BCUT2D eigenvalue weighted by molar-refractivity contribution is 5.92. The van der Waals surface area contributed by atoms with Crippen molar-refractivity contribution in [3.63, 3.8) is 0 Å². The molecule has 7 nitrogen and oxygen atoms in total. The number of fused-ring (bicyclic) bond motifs is 1. The summed E-state index contributed by atoms with van der Waals surface area (Å²) in [5, 5.41) is 10.5. The number of hydrogen-bond acceptors (Lipinski definition) is 5. The van der Waals surface area contributed by atoms with Crippen LogP contribution in [0.25, 0.3) is 22.2 Å². The summed E-state index contributed by atoms with van der Waals surface area (Å²) in [6, 6.07) is 15.9. The van der Waals surface area contributed by atoms with Crippen molar-refractivity contribution in [3.8, 4) is 11.1 Å². The van der Waals surface area contributed by atoms with Gasteiger partial charge in [0.05, 0.1) is 30.1 Å². The van der Waals surface area contributed by atoms with Gasteiger partial charge in [0.2, 0.25) is 5.91 Å². The number of nitrogens with zero attached hydrogens (tertiary/aromatic N) is 2. The lowest BCUT2D eigenvalue weighted by Crippen LogP contribution is -2.39. The Bertz CT molecular complexity index is 1300. The van der Waals surface area contributed by atoms with Crippen LogP contribution in [0.5, 0.6) is 0 Å². The van der Waals surface area contributed by atoms with E-state index in [1.54, 1.807) is 19.5 Å². The van der Waals surface area contributed by atoms with Crippen molar-refractivity contribution in [2.45, 2.75) is 71.1 Å². The Morgan fingerprint density at radius 2 is 1.81 bits per heavy atom. The lowest BCUT2D eigenvalue weighted by Gasteiger charge is -2.30. The molecule has 0 bridgehead atoms. The largest absolute Gasteiger partial charge is 0.472 e. The lowest BCUT2D eigenvalue weighted by atomic mass is 9.91. The van der Waals surface area contributed by atoms with Crippen LogP contribution in [0.15, 0.2) is 65.7 Å². The molecule has 2 aromatic heterocycles. The minimum atomic E-state index is 0.0608. The van der Waals surface area contributed by atoms with E-state index in [4.69, 9.17) is 9.40 Å². The maximum atomic E-state index is 11.4. The van der Waals surface area contributed by atoms with Gasteiger partial charge in [0.25, 0.3) is 0 Å². The van der Waals surface area contributed by atoms with Gasteiger partial charge in [-0.25, -0.2) is 4.98 Å². The maximum Gasteiger partial charge on any atom is 0.217 e. The zero-order valence-corrected chi connectivity index (χ0v) is 21.3.